The molecule has 1 aliphatic heterocycles. The molecule has 0 aromatic heterocycles. The van der Waals surface area contributed by atoms with Gasteiger partial charge in [0.15, 0.2) is 5.78 Å². The van der Waals surface area contributed by atoms with Crippen LogP contribution in [0.25, 0.3) is 0 Å². The second-order valence-corrected chi connectivity index (χ2v) is 3.95. The lowest BCUT2D eigenvalue weighted by molar-refractivity contribution is -0.140. The number of benzene rings is 1. The van der Waals surface area contributed by atoms with Crippen molar-refractivity contribution in [2.24, 2.45) is 4.99 Å². The first kappa shape index (κ1) is 13.1. The largest absolute Gasteiger partial charge is 0.462 e. The van der Waals surface area contributed by atoms with Crippen LogP contribution in [0.3, 0.4) is 0 Å². The minimum absolute atomic E-state index is 0.0846. The van der Waals surface area contributed by atoms with Gasteiger partial charge in [-0.15, -0.1) is 0 Å². The fourth-order valence-corrected chi connectivity index (χ4v) is 1.77. The number of rotatable bonds is 3. The van der Waals surface area contributed by atoms with E-state index in [1.165, 1.54) is 36.7 Å². The summed E-state index contributed by atoms with van der Waals surface area (Å²) >= 11 is 0. The number of Topliss-reactive ketones (excluding diaryl/α,β-unsaturated/α-hetero) is 1. The normalized spacial score (nSPS) is 18.1. The molecule has 4 nitrogen and oxygen atoms in total. The Balaban J connectivity index is 2.25. The summed E-state index contributed by atoms with van der Waals surface area (Å²) in [5.74, 6) is -2.13. The van der Waals surface area contributed by atoms with Crippen molar-refractivity contribution in [3.05, 3.63) is 47.4 Å². The standard InChI is InChI=1S/C14H12FNO3/c1-2-19-14(18)12-8-16-7-11(13(12)17)9-3-5-10(15)6-4-9/h3-8,11H,2H2,1H3. The molecular formula is C14H12FNO3. The Bertz CT molecular complexity index is 561. The van der Waals surface area contributed by atoms with Gasteiger partial charge in [-0.3, -0.25) is 9.79 Å². The number of ether oxygens (including phenoxy) is 1. The number of hydrogen-bond acceptors (Lipinski definition) is 4. The van der Waals surface area contributed by atoms with E-state index in [4.69, 9.17) is 4.74 Å². The molecule has 1 aromatic rings. The summed E-state index contributed by atoms with van der Waals surface area (Å²) in [6.45, 7) is 1.85. The molecule has 0 saturated carbocycles. The van der Waals surface area contributed by atoms with Crippen molar-refractivity contribution in [2.45, 2.75) is 12.8 Å². The van der Waals surface area contributed by atoms with Gasteiger partial charge in [0.1, 0.15) is 11.4 Å². The highest BCUT2D eigenvalue weighted by molar-refractivity contribution is 6.24. The number of carbonyl (C=O) groups is 2. The maximum absolute atomic E-state index is 12.9. The summed E-state index contributed by atoms with van der Waals surface area (Å²) in [7, 11) is 0. The van der Waals surface area contributed by atoms with Crippen LogP contribution in [0.1, 0.15) is 18.4 Å². The Kier molecular flexibility index (Phi) is 3.85. The van der Waals surface area contributed by atoms with Gasteiger partial charge in [0.25, 0.3) is 0 Å². The SMILES string of the molecule is CCOC(=O)C1=CN=CC(c2ccc(F)cc2)C1=O. The van der Waals surface area contributed by atoms with Crippen LogP contribution >= 0.6 is 0 Å². The average molecular weight is 261 g/mol. The number of hydrogen-bond donors (Lipinski definition) is 0. The number of carbonyl (C=O) groups excluding carboxylic acids is 2. The smallest absolute Gasteiger partial charge is 0.343 e. The quantitative estimate of drug-likeness (QED) is 0.617. The Labute approximate surface area is 109 Å². The van der Waals surface area contributed by atoms with Crippen molar-refractivity contribution in [3.63, 3.8) is 0 Å². The fourth-order valence-electron chi connectivity index (χ4n) is 1.77. The molecule has 0 aliphatic carbocycles. The van der Waals surface area contributed by atoms with Crippen LogP contribution in [0.5, 0.6) is 0 Å². The third-order valence-electron chi connectivity index (χ3n) is 2.71. The summed E-state index contributed by atoms with van der Waals surface area (Å²) in [6.07, 6.45) is 2.62. The summed E-state index contributed by atoms with van der Waals surface area (Å²) in [5.41, 5.74) is 0.503. The first-order valence-electron chi connectivity index (χ1n) is 5.83. The molecule has 2 rings (SSSR count). The van der Waals surface area contributed by atoms with E-state index in [9.17, 15) is 14.0 Å². The number of aliphatic imine (C=N–C) groups is 1. The third kappa shape index (κ3) is 2.76. The van der Waals surface area contributed by atoms with E-state index in [0.717, 1.165) is 0 Å². The molecule has 0 N–H and O–H groups in total. The van der Waals surface area contributed by atoms with Crippen LogP contribution in [0.2, 0.25) is 0 Å². The number of ketones is 1. The third-order valence-corrected chi connectivity index (χ3v) is 2.71. The highest BCUT2D eigenvalue weighted by Gasteiger charge is 2.29. The molecular weight excluding hydrogens is 249 g/mol. The molecule has 1 heterocycles. The van der Waals surface area contributed by atoms with Crippen LogP contribution < -0.4 is 0 Å². The number of nitrogens with zero attached hydrogens (tertiary/aromatic N) is 1. The van der Waals surface area contributed by atoms with Crippen molar-refractivity contribution >= 4 is 18.0 Å². The second kappa shape index (κ2) is 5.56. The molecule has 1 atom stereocenters. The predicted molar refractivity (Wildman–Crippen MR) is 67.4 cm³/mol. The minimum Gasteiger partial charge on any atom is -0.462 e. The average Bonchev–Trinajstić information content (AvgIpc) is 2.40. The molecule has 0 amide bonds. The topological polar surface area (TPSA) is 55.7 Å². The van der Waals surface area contributed by atoms with E-state index in [2.05, 4.69) is 4.99 Å². The van der Waals surface area contributed by atoms with Gasteiger partial charge in [0.05, 0.1) is 12.5 Å². The molecule has 0 bridgehead atoms. The first-order chi connectivity index (χ1) is 9.13. The van der Waals surface area contributed by atoms with Gasteiger partial charge in [0.2, 0.25) is 0 Å². The highest BCUT2D eigenvalue weighted by Crippen LogP contribution is 2.23. The lowest BCUT2D eigenvalue weighted by atomic mass is 9.90. The number of halogens is 1. The molecule has 1 aromatic carbocycles. The molecule has 1 aliphatic rings. The zero-order valence-electron chi connectivity index (χ0n) is 10.3. The van der Waals surface area contributed by atoms with Gasteiger partial charge in [-0.1, -0.05) is 12.1 Å². The summed E-state index contributed by atoms with van der Waals surface area (Å²) in [6, 6.07) is 5.52. The van der Waals surface area contributed by atoms with Gasteiger partial charge in [-0.2, -0.15) is 0 Å². The van der Waals surface area contributed by atoms with Gasteiger partial charge in [-0.25, -0.2) is 9.18 Å². The van der Waals surface area contributed by atoms with E-state index in [-0.39, 0.29) is 23.8 Å². The maximum Gasteiger partial charge on any atom is 0.343 e. The summed E-state index contributed by atoms with van der Waals surface area (Å²) in [5, 5.41) is 0. The predicted octanol–water partition coefficient (Wildman–Crippen LogP) is 2.01. The van der Waals surface area contributed by atoms with Crippen LogP contribution in [-0.2, 0) is 14.3 Å². The van der Waals surface area contributed by atoms with Crippen molar-refractivity contribution in [2.75, 3.05) is 6.61 Å². The Morgan fingerprint density at radius 3 is 2.68 bits per heavy atom. The Morgan fingerprint density at radius 1 is 1.37 bits per heavy atom. The molecule has 0 spiro atoms. The zero-order valence-corrected chi connectivity index (χ0v) is 10.3. The first-order valence-corrected chi connectivity index (χ1v) is 5.83. The monoisotopic (exact) mass is 261 g/mol. The molecule has 0 saturated heterocycles. The molecule has 5 heteroatoms. The van der Waals surface area contributed by atoms with Crippen molar-refractivity contribution in [3.8, 4) is 0 Å². The minimum atomic E-state index is -0.684. The van der Waals surface area contributed by atoms with Crippen LogP contribution in [0, 0.1) is 5.82 Å². The Hall–Kier alpha value is -2.30. The van der Waals surface area contributed by atoms with Gasteiger partial charge in [0, 0.05) is 12.4 Å². The summed E-state index contributed by atoms with van der Waals surface area (Å²) < 4.78 is 17.6. The van der Waals surface area contributed by atoms with E-state index < -0.39 is 11.9 Å². The van der Waals surface area contributed by atoms with E-state index >= 15 is 0 Å². The zero-order chi connectivity index (χ0) is 13.8. The lowest BCUT2D eigenvalue weighted by Crippen LogP contribution is -2.25. The van der Waals surface area contributed by atoms with Crippen LogP contribution in [0.15, 0.2) is 41.0 Å². The van der Waals surface area contributed by atoms with Gasteiger partial charge in [-0.05, 0) is 24.6 Å². The number of esters is 1. The van der Waals surface area contributed by atoms with E-state index in [0.29, 0.717) is 5.56 Å². The molecule has 0 fully saturated rings. The van der Waals surface area contributed by atoms with Gasteiger partial charge < -0.3 is 4.74 Å². The molecule has 1 unspecified atom stereocenters. The van der Waals surface area contributed by atoms with Crippen molar-refractivity contribution in [1.82, 2.24) is 0 Å². The van der Waals surface area contributed by atoms with Gasteiger partial charge >= 0.3 is 5.97 Å². The van der Waals surface area contributed by atoms with E-state index in [1.807, 2.05) is 0 Å². The van der Waals surface area contributed by atoms with E-state index in [1.54, 1.807) is 6.92 Å². The fraction of sp³-hybridized carbons (Fsp3) is 0.214. The summed E-state index contributed by atoms with van der Waals surface area (Å²) in [4.78, 5) is 27.7. The van der Waals surface area contributed by atoms with Crippen molar-refractivity contribution < 1.29 is 18.7 Å². The molecule has 98 valence electrons. The lowest BCUT2D eigenvalue weighted by Gasteiger charge is -2.15. The molecule has 0 radical (unpaired) electrons. The van der Waals surface area contributed by atoms with Crippen LogP contribution in [0.4, 0.5) is 4.39 Å². The highest BCUT2D eigenvalue weighted by atomic mass is 19.1. The van der Waals surface area contributed by atoms with Crippen LogP contribution in [-0.4, -0.2) is 24.6 Å². The maximum atomic E-state index is 12.9. The van der Waals surface area contributed by atoms with Crippen molar-refractivity contribution in [1.29, 1.82) is 0 Å². The molecule has 19 heavy (non-hydrogen) atoms. The Morgan fingerprint density at radius 2 is 2.05 bits per heavy atom. The second-order valence-electron chi connectivity index (χ2n) is 3.95.